The Kier molecular flexibility index (Phi) is 5.76. The second-order valence-electron chi connectivity index (χ2n) is 7.03. The number of benzene rings is 3. The van der Waals surface area contributed by atoms with E-state index in [1.807, 2.05) is 66.7 Å². The number of aliphatic carboxylic acids is 1. The molecule has 156 valence electrons. The molecule has 0 amide bonds. The summed E-state index contributed by atoms with van der Waals surface area (Å²) in [5.41, 5.74) is 5.86. The second kappa shape index (κ2) is 8.79. The highest BCUT2D eigenvalue weighted by atomic mass is 16.5. The van der Waals surface area contributed by atoms with Gasteiger partial charge in [0.05, 0.1) is 14.2 Å². The molecule has 0 saturated heterocycles. The Labute approximate surface area is 180 Å². The van der Waals surface area contributed by atoms with Crippen molar-refractivity contribution in [1.29, 1.82) is 0 Å². The number of hydrogen-bond acceptors (Lipinski definition) is 4. The van der Waals surface area contributed by atoms with Crippen molar-refractivity contribution in [3.8, 4) is 17.2 Å². The van der Waals surface area contributed by atoms with E-state index in [1.165, 1.54) is 0 Å². The van der Waals surface area contributed by atoms with Gasteiger partial charge in [0.25, 0.3) is 0 Å². The molecule has 5 nitrogen and oxygen atoms in total. The Bertz CT molecular complexity index is 1170. The van der Waals surface area contributed by atoms with Crippen molar-refractivity contribution in [3.05, 3.63) is 95.1 Å². The molecule has 0 fully saturated rings. The van der Waals surface area contributed by atoms with Crippen molar-refractivity contribution in [3.63, 3.8) is 0 Å². The minimum atomic E-state index is -0.980. The van der Waals surface area contributed by atoms with Gasteiger partial charge in [0.2, 0.25) is 0 Å². The molecule has 0 aliphatic carbocycles. The van der Waals surface area contributed by atoms with E-state index in [9.17, 15) is 4.79 Å². The van der Waals surface area contributed by atoms with E-state index in [0.717, 1.165) is 56.7 Å². The molecule has 31 heavy (non-hydrogen) atoms. The molecule has 0 unspecified atom stereocenters. The molecule has 1 aliphatic rings. The summed E-state index contributed by atoms with van der Waals surface area (Å²) < 4.78 is 16.7. The predicted molar refractivity (Wildman–Crippen MR) is 121 cm³/mol. The van der Waals surface area contributed by atoms with E-state index in [2.05, 4.69) is 0 Å². The lowest BCUT2D eigenvalue weighted by molar-refractivity contribution is -0.131. The van der Waals surface area contributed by atoms with E-state index >= 15 is 0 Å². The van der Waals surface area contributed by atoms with Crippen LogP contribution in [0.4, 0.5) is 0 Å². The minimum absolute atomic E-state index is 0.400. The van der Waals surface area contributed by atoms with Crippen molar-refractivity contribution in [1.82, 2.24) is 0 Å². The van der Waals surface area contributed by atoms with Crippen molar-refractivity contribution in [2.45, 2.75) is 0 Å². The lowest BCUT2D eigenvalue weighted by Crippen LogP contribution is -2.12. The summed E-state index contributed by atoms with van der Waals surface area (Å²) in [4.78, 5) is 10.9. The topological polar surface area (TPSA) is 65.0 Å². The highest BCUT2D eigenvalue weighted by molar-refractivity contribution is 6.02. The number of carboxylic acids is 1. The zero-order chi connectivity index (χ0) is 21.8. The van der Waals surface area contributed by atoms with Crippen LogP contribution in [-0.4, -0.2) is 31.9 Å². The number of rotatable bonds is 6. The second-order valence-corrected chi connectivity index (χ2v) is 7.03. The summed E-state index contributed by atoms with van der Waals surface area (Å²) in [5, 5.41) is 8.97. The number of carbonyl (C=O) groups is 1. The van der Waals surface area contributed by atoms with E-state index in [0.29, 0.717) is 6.61 Å². The van der Waals surface area contributed by atoms with Crippen LogP contribution in [0.15, 0.2) is 72.8 Å². The first kappa shape index (κ1) is 20.3. The first-order valence-electron chi connectivity index (χ1n) is 9.79. The molecule has 0 radical (unpaired) electrons. The van der Waals surface area contributed by atoms with Crippen LogP contribution in [-0.2, 0) is 4.79 Å². The lowest BCUT2D eigenvalue weighted by Gasteiger charge is -2.25. The van der Waals surface area contributed by atoms with Crippen LogP contribution in [0.1, 0.15) is 22.3 Å². The van der Waals surface area contributed by atoms with E-state index < -0.39 is 5.97 Å². The van der Waals surface area contributed by atoms with Gasteiger partial charge in [-0.15, -0.1) is 0 Å². The SMILES string of the molecule is COc1ccc(C2=C(c3cccc(/C=C/C(=O)O)c3)c3ccc(OC)cc3OC2)cc1. The van der Waals surface area contributed by atoms with Crippen molar-refractivity contribution < 1.29 is 24.1 Å². The number of hydrogen-bond donors (Lipinski definition) is 1. The van der Waals surface area contributed by atoms with Gasteiger partial charge in [-0.1, -0.05) is 30.3 Å². The molecule has 3 aromatic carbocycles. The van der Waals surface area contributed by atoms with Gasteiger partial charge < -0.3 is 19.3 Å². The van der Waals surface area contributed by atoms with Crippen LogP contribution in [0.5, 0.6) is 17.2 Å². The Balaban J connectivity index is 1.90. The predicted octanol–water partition coefficient (Wildman–Crippen LogP) is 5.15. The lowest BCUT2D eigenvalue weighted by atomic mass is 9.87. The van der Waals surface area contributed by atoms with Crippen molar-refractivity contribution in [2.75, 3.05) is 20.8 Å². The maximum atomic E-state index is 10.9. The van der Waals surface area contributed by atoms with Gasteiger partial charge in [-0.2, -0.15) is 0 Å². The van der Waals surface area contributed by atoms with E-state index in [4.69, 9.17) is 19.3 Å². The molecule has 1 aliphatic heterocycles. The Morgan fingerprint density at radius 3 is 2.39 bits per heavy atom. The largest absolute Gasteiger partial charge is 0.497 e. The fourth-order valence-electron chi connectivity index (χ4n) is 3.66. The molecule has 5 heteroatoms. The van der Waals surface area contributed by atoms with Gasteiger partial charge in [0.15, 0.2) is 0 Å². The summed E-state index contributed by atoms with van der Waals surface area (Å²) in [6, 6.07) is 21.5. The molecule has 0 atom stereocenters. The third-order valence-corrected chi connectivity index (χ3v) is 5.16. The highest BCUT2D eigenvalue weighted by Gasteiger charge is 2.23. The molecule has 0 saturated carbocycles. The zero-order valence-electron chi connectivity index (χ0n) is 17.3. The zero-order valence-corrected chi connectivity index (χ0v) is 17.3. The average Bonchev–Trinajstić information content (AvgIpc) is 2.81. The van der Waals surface area contributed by atoms with Crippen molar-refractivity contribution in [2.24, 2.45) is 0 Å². The van der Waals surface area contributed by atoms with Gasteiger partial charge >= 0.3 is 5.97 Å². The molecule has 0 spiro atoms. The summed E-state index contributed by atoms with van der Waals surface area (Å²) >= 11 is 0. The Morgan fingerprint density at radius 2 is 1.68 bits per heavy atom. The molecule has 0 aromatic heterocycles. The molecule has 0 bridgehead atoms. The van der Waals surface area contributed by atoms with Crippen LogP contribution < -0.4 is 14.2 Å². The molecule has 1 N–H and O–H groups in total. The fourth-order valence-corrected chi connectivity index (χ4v) is 3.66. The third kappa shape index (κ3) is 4.31. The van der Waals surface area contributed by atoms with Crippen LogP contribution in [0.3, 0.4) is 0 Å². The molecule has 4 rings (SSSR count). The number of fused-ring (bicyclic) bond motifs is 1. The Morgan fingerprint density at radius 1 is 0.935 bits per heavy atom. The standard InChI is InChI=1S/C26H22O5/c1-29-20-9-7-18(8-10-20)23-16-31-24-15-21(30-2)11-12-22(24)26(23)19-5-3-4-17(14-19)6-13-25(27)28/h3-15H,16H2,1-2H3,(H,27,28)/b13-6+. The number of ether oxygens (including phenoxy) is 3. The van der Waals surface area contributed by atoms with Gasteiger partial charge in [0, 0.05) is 23.3 Å². The third-order valence-electron chi connectivity index (χ3n) is 5.16. The van der Waals surface area contributed by atoms with Crippen LogP contribution in [0.25, 0.3) is 17.2 Å². The summed E-state index contributed by atoms with van der Waals surface area (Å²) in [6.45, 7) is 0.400. The first-order valence-corrected chi connectivity index (χ1v) is 9.79. The smallest absolute Gasteiger partial charge is 0.328 e. The van der Waals surface area contributed by atoms with Gasteiger partial charge in [-0.05, 0) is 58.7 Å². The normalized spacial score (nSPS) is 13.0. The molecular weight excluding hydrogens is 392 g/mol. The monoisotopic (exact) mass is 414 g/mol. The van der Waals surface area contributed by atoms with E-state index in [-0.39, 0.29) is 0 Å². The number of methoxy groups -OCH3 is 2. The maximum absolute atomic E-state index is 10.9. The van der Waals surface area contributed by atoms with Gasteiger partial charge in [0.1, 0.15) is 23.9 Å². The van der Waals surface area contributed by atoms with E-state index in [1.54, 1.807) is 20.3 Å². The van der Waals surface area contributed by atoms with Gasteiger partial charge in [-0.25, -0.2) is 4.79 Å². The fraction of sp³-hybridized carbons (Fsp3) is 0.115. The molecular formula is C26H22O5. The maximum Gasteiger partial charge on any atom is 0.328 e. The quantitative estimate of drug-likeness (QED) is 0.565. The average molecular weight is 414 g/mol. The minimum Gasteiger partial charge on any atom is -0.497 e. The van der Waals surface area contributed by atoms with Crippen LogP contribution >= 0.6 is 0 Å². The summed E-state index contributed by atoms with van der Waals surface area (Å²) in [6.07, 6.45) is 2.73. The summed E-state index contributed by atoms with van der Waals surface area (Å²) in [7, 11) is 3.27. The first-order chi connectivity index (χ1) is 15.1. The van der Waals surface area contributed by atoms with Crippen LogP contribution in [0.2, 0.25) is 0 Å². The van der Waals surface area contributed by atoms with Crippen LogP contribution in [0, 0.1) is 0 Å². The van der Waals surface area contributed by atoms with Gasteiger partial charge in [-0.3, -0.25) is 0 Å². The molecule has 3 aromatic rings. The molecule has 1 heterocycles. The summed E-state index contributed by atoms with van der Waals surface area (Å²) in [5.74, 6) is 1.28. The van der Waals surface area contributed by atoms with Crippen molar-refractivity contribution >= 4 is 23.2 Å². The number of carboxylic acid groups (broad SMARTS) is 1. The Hall–Kier alpha value is -3.99. The highest BCUT2D eigenvalue weighted by Crippen LogP contribution is 2.42.